The molecule has 6 nitrogen and oxygen atoms in total. The molecule has 1 amide bonds. The van der Waals surface area contributed by atoms with E-state index in [0.717, 1.165) is 13.1 Å². The fraction of sp³-hybridized carbons (Fsp3) is 0.625. The zero-order valence-corrected chi connectivity index (χ0v) is 9.70. The van der Waals surface area contributed by atoms with Gasteiger partial charge in [0.25, 0.3) is 0 Å². The van der Waals surface area contributed by atoms with Crippen LogP contribution in [0.1, 0.15) is 13.8 Å². The lowest BCUT2D eigenvalue weighted by molar-refractivity contribution is -0.127. The number of nitrogens with two attached hydrogens (primary N) is 1. The van der Waals surface area contributed by atoms with E-state index in [1.54, 1.807) is 4.90 Å². The summed E-state index contributed by atoms with van der Waals surface area (Å²) in [5.74, 6) is 5.95. The molecule has 0 atom stereocenters. The van der Waals surface area contributed by atoms with Crippen LogP contribution in [0.5, 0.6) is 0 Å². The first-order valence-electron chi connectivity index (χ1n) is 4.74. The van der Waals surface area contributed by atoms with Crippen LogP contribution in [0, 0.1) is 0 Å². The van der Waals surface area contributed by atoms with Gasteiger partial charge >= 0.3 is 0 Å². The molecule has 2 N–H and O–H groups in total. The van der Waals surface area contributed by atoms with Crippen molar-refractivity contribution in [1.29, 1.82) is 0 Å². The molecule has 0 unspecified atom stereocenters. The summed E-state index contributed by atoms with van der Waals surface area (Å²) in [7, 11) is 0. The monoisotopic (exact) mass is 229 g/mol. The number of hydrogen-bond donors (Lipinski definition) is 1. The minimum atomic E-state index is 0.0907. The minimum Gasteiger partial charge on any atom is -0.343 e. The van der Waals surface area contributed by atoms with Crippen LogP contribution in [0.3, 0.4) is 0 Å². The zero-order chi connectivity index (χ0) is 11.3. The molecule has 1 aromatic rings. The van der Waals surface area contributed by atoms with E-state index in [2.05, 4.69) is 10.2 Å². The van der Waals surface area contributed by atoms with Gasteiger partial charge in [-0.25, -0.2) is 4.68 Å². The van der Waals surface area contributed by atoms with Crippen molar-refractivity contribution in [3.63, 3.8) is 0 Å². The third kappa shape index (κ3) is 3.12. The first-order chi connectivity index (χ1) is 7.19. The van der Waals surface area contributed by atoms with Crippen LogP contribution >= 0.6 is 11.8 Å². The number of aromatic nitrogens is 3. The summed E-state index contributed by atoms with van der Waals surface area (Å²) < 4.78 is 1.31. The van der Waals surface area contributed by atoms with E-state index in [1.807, 2.05) is 13.8 Å². The fourth-order valence-electron chi connectivity index (χ4n) is 1.13. The molecule has 7 heteroatoms. The van der Waals surface area contributed by atoms with Gasteiger partial charge < -0.3 is 10.7 Å². The van der Waals surface area contributed by atoms with Gasteiger partial charge in [0.05, 0.1) is 5.75 Å². The Bertz CT molecular complexity index is 323. The Balaban J connectivity index is 2.43. The van der Waals surface area contributed by atoms with E-state index in [1.165, 1.54) is 22.8 Å². The molecule has 1 aromatic heterocycles. The Hall–Kier alpha value is -1.24. The molecule has 0 aliphatic rings. The van der Waals surface area contributed by atoms with Crippen LogP contribution in [0.25, 0.3) is 0 Å². The van der Waals surface area contributed by atoms with E-state index < -0.39 is 0 Å². The Labute approximate surface area is 92.8 Å². The summed E-state index contributed by atoms with van der Waals surface area (Å²) in [5, 5.41) is 7.96. The molecule has 0 radical (unpaired) electrons. The molecular weight excluding hydrogens is 214 g/mol. The highest BCUT2D eigenvalue weighted by Crippen LogP contribution is 2.12. The number of nitrogens with zero attached hydrogens (tertiary/aromatic N) is 4. The van der Waals surface area contributed by atoms with Crippen LogP contribution < -0.4 is 5.84 Å². The van der Waals surface area contributed by atoms with Crippen molar-refractivity contribution in [3.05, 3.63) is 6.33 Å². The minimum absolute atomic E-state index is 0.0907. The number of rotatable bonds is 5. The first-order valence-corrected chi connectivity index (χ1v) is 5.73. The third-order valence-corrected chi connectivity index (χ3v) is 2.92. The van der Waals surface area contributed by atoms with Crippen LogP contribution in [0.2, 0.25) is 0 Å². The normalized spacial score (nSPS) is 10.3. The standard InChI is InChI=1S/C8H15N5OS/c1-3-12(4-2)7(14)5-15-8-11-10-6-13(8)9/h6H,3-5,9H2,1-2H3. The lowest BCUT2D eigenvalue weighted by atomic mass is 10.5. The Morgan fingerprint density at radius 2 is 2.27 bits per heavy atom. The van der Waals surface area contributed by atoms with Gasteiger partial charge in [-0.1, -0.05) is 11.8 Å². The predicted molar refractivity (Wildman–Crippen MR) is 58.8 cm³/mol. The van der Waals surface area contributed by atoms with Gasteiger partial charge in [0.2, 0.25) is 11.1 Å². The zero-order valence-electron chi connectivity index (χ0n) is 8.88. The van der Waals surface area contributed by atoms with Crippen molar-refractivity contribution in [2.45, 2.75) is 19.0 Å². The van der Waals surface area contributed by atoms with Gasteiger partial charge in [0.1, 0.15) is 6.33 Å². The van der Waals surface area contributed by atoms with Crippen molar-refractivity contribution in [1.82, 2.24) is 19.8 Å². The van der Waals surface area contributed by atoms with Crippen LogP contribution in [-0.4, -0.2) is 44.5 Å². The molecule has 0 bridgehead atoms. The summed E-state index contributed by atoms with van der Waals surface area (Å²) in [6.45, 7) is 5.37. The average molecular weight is 229 g/mol. The molecule has 84 valence electrons. The topological polar surface area (TPSA) is 77.0 Å². The van der Waals surface area contributed by atoms with Gasteiger partial charge in [-0.3, -0.25) is 4.79 Å². The molecule has 0 saturated carbocycles. The van der Waals surface area contributed by atoms with E-state index in [0.29, 0.717) is 10.9 Å². The SMILES string of the molecule is CCN(CC)C(=O)CSc1nncn1N. The Kier molecular flexibility index (Phi) is 4.41. The molecule has 1 rings (SSSR count). The maximum Gasteiger partial charge on any atom is 0.233 e. The smallest absolute Gasteiger partial charge is 0.233 e. The van der Waals surface area contributed by atoms with Gasteiger partial charge in [0, 0.05) is 13.1 Å². The Morgan fingerprint density at radius 3 is 2.73 bits per heavy atom. The largest absolute Gasteiger partial charge is 0.343 e. The molecule has 0 spiro atoms. The van der Waals surface area contributed by atoms with E-state index >= 15 is 0 Å². The maximum absolute atomic E-state index is 11.6. The highest BCUT2D eigenvalue weighted by atomic mass is 32.2. The first kappa shape index (κ1) is 11.8. The number of amides is 1. The maximum atomic E-state index is 11.6. The predicted octanol–water partition coefficient (Wildman–Crippen LogP) is -0.0476. The third-order valence-electron chi connectivity index (χ3n) is 1.98. The molecule has 0 aromatic carbocycles. The second kappa shape index (κ2) is 5.59. The highest BCUT2D eigenvalue weighted by Gasteiger charge is 2.11. The lowest BCUT2D eigenvalue weighted by Gasteiger charge is -2.17. The number of nitrogen functional groups attached to an aromatic ring is 1. The number of hydrogen-bond acceptors (Lipinski definition) is 5. The van der Waals surface area contributed by atoms with Crippen LogP contribution in [-0.2, 0) is 4.79 Å². The van der Waals surface area contributed by atoms with Crippen molar-refractivity contribution in [2.75, 3.05) is 24.7 Å². The second-order valence-corrected chi connectivity index (χ2v) is 3.82. The van der Waals surface area contributed by atoms with Crippen LogP contribution in [0.4, 0.5) is 0 Å². The summed E-state index contributed by atoms with van der Waals surface area (Å²) in [4.78, 5) is 13.4. The van der Waals surface area contributed by atoms with Crippen molar-refractivity contribution in [3.8, 4) is 0 Å². The molecule has 0 saturated heterocycles. The van der Waals surface area contributed by atoms with Crippen molar-refractivity contribution >= 4 is 17.7 Å². The van der Waals surface area contributed by atoms with Gasteiger partial charge in [-0.15, -0.1) is 10.2 Å². The Morgan fingerprint density at radius 1 is 1.60 bits per heavy atom. The molecule has 0 aliphatic carbocycles. The number of thioether (sulfide) groups is 1. The second-order valence-electron chi connectivity index (χ2n) is 2.88. The quantitative estimate of drug-likeness (QED) is 0.566. The summed E-state index contributed by atoms with van der Waals surface area (Å²) in [6.07, 6.45) is 1.41. The number of carbonyl (C=O) groups excluding carboxylic acids is 1. The van der Waals surface area contributed by atoms with Crippen LogP contribution in [0.15, 0.2) is 11.5 Å². The van der Waals surface area contributed by atoms with Crippen molar-refractivity contribution in [2.24, 2.45) is 0 Å². The average Bonchev–Trinajstić information content (AvgIpc) is 2.63. The fourth-order valence-corrected chi connectivity index (χ4v) is 1.87. The lowest BCUT2D eigenvalue weighted by Crippen LogP contribution is -2.32. The van der Waals surface area contributed by atoms with Gasteiger partial charge in [-0.05, 0) is 13.8 Å². The van der Waals surface area contributed by atoms with E-state index in [9.17, 15) is 4.79 Å². The van der Waals surface area contributed by atoms with E-state index in [-0.39, 0.29) is 5.91 Å². The highest BCUT2D eigenvalue weighted by molar-refractivity contribution is 7.99. The van der Waals surface area contributed by atoms with E-state index in [4.69, 9.17) is 5.84 Å². The summed E-state index contributed by atoms with van der Waals surface area (Å²) in [5.41, 5.74) is 0. The molecular formula is C8H15N5OS. The van der Waals surface area contributed by atoms with Crippen molar-refractivity contribution < 1.29 is 4.79 Å². The van der Waals surface area contributed by atoms with Gasteiger partial charge in [0.15, 0.2) is 0 Å². The molecule has 0 fully saturated rings. The molecule has 15 heavy (non-hydrogen) atoms. The molecule has 0 aliphatic heterocycles. The summed E-state index contributed by atoms with van der Waals surface area (Å²) >= 11 is 1.29. The van der Waals surface area contributed by atoms with Gasteiger partial charge in [-0.2, -0.15) is 0 Å². The number of carbonyl (C=O) groups is 1. The molecule has 1 heterocycles. The summed E-state index contributed by atoms with van der Waals surface area (Å²) in [6, 6.07) is 0.